The topological polar surface area (TPSA) is 88.9 Å². The maximum atomic E-state index is 12.0. The molecule has 0 saturated heterocycles. The highest BCUT2D eigenvalue weighted by Crippen LogP contribution is 2.21. The second-order valence-electron chi connectivity index (χ2n) is 3.91. The predicted molar refractivity (Wildman–Crippen MR) is 72.1 cm³/mol. The molecule has 2 aromatic heterocycles. The normalized spacial score (nSPS) is 11.9. The van der Waals surface area contributed by atoms with Crippen LogP contribution < -0.4 is 10.0 Å². The van der Waals surface area contributed by atoms with Crippen molar-refractivity contribution in [3.63, 3.8) is 0 Å². The maximum absolute atomic E-state index is 12.0. The van der Waals surface area contributed by atoms with E-state index >= 15 is 0 Å². The molecular weight excluding hydrogens is 286 g/mol. The molecule has 0 atom stereocenters. The Kier molecular flexibility index (Phi) is 4.30. The first-order valence-electron chi connectivity index (χ1n) is 5.59. The van der Waals surface area contributed by atoms with Crippen molar-refractivity contribution in [3.05, 3.63) is 29.2 Å². The third-order valence-corrected chi connectivity index (χ3v) is 5.30. The molecule has 9 heteroatoms. The van der Waals surface area contributed by atoms with E-state index in [0.717, 1.165) is 4.88 Å². The molecule has 0 amide bonds. The highest BCUT2D eigenvalue weighted by atomic mass is 32.2. The molecule has 0 radical (unpaired) electrons. The Hall–Kier alpha value is -1.29. The number of hydrogen-bond donors (Lipinski definition) is 2. The van der Waals surface area contributed by atoms with Gasteiger partial charge in [-0.05, 0) is 19.2 Å². The summed E-state index contributed by atoms with van der Waals surface area (Å²) in [5.74, 6) is 0.443. The largest absolute Gasteiger partial charge is 0.315 e. The minimum absolute atomic E-state index is 0.0857. The van der Waals surface area contributed by atoms with Crippen LogP contribution in [-0.4, -0.2) is 30.2 Å². The first-order valence-corrected chi connectivity index (χ1v) is 7.89. The highest BCUT2D eigenvalue weighted by molar-refractivity contribution is 7.91. The van der Waals surface area contributed by atoms with Gasteiger partial charge in [0.25, 0.3) is 0 Å². The van der Waals surface area contributed by atoms with Crippen molar-refractivity contribution in [3.8, 4) is 0 Å². The summed E-state index contributed by atoms with van der Waals surface area (Å²) in [4.78, 5) is 4.94. The minimum Gasteiger partial charge on any atom is -0.315 e. The van der Waals surface area contributed by atoms with E-state index in [-0.39, 0.29) is 6.54 Å². The van der Waals surface area contributed by atoms with E-state index in [2.05, 4.69) is 20.1 Å². The van der Waals surface area contributed by atoms with Gasteiger partial charge in [-0.25, -0.2) is 18.1 Å². The number of hydrogen-bond acceptors (Lipinski definition) is 6. The van der Waals surface area contributed by atoms with Crippen LogP contribution in [0.4, 0.5) is 0 Å². The lowest BCUT2D eigenvalue weighted by Gasteiger charge is -2.01. The van der Waals surface area contributed by atoms with E-state index in [1.807, 2.05) is 7.05 Å². The van der Waals surface area contributed by atoms with Crippen LogP contribution in [0.15, 0.2) is 22.7 Å². The Bertz CT molecular complexity index is 646. The van der Waals surface area contributed by atoms with Crippen LogP contribution >= 0.6 is 11.3 Å². The number of nitrogens with zero attached hydrogens (tertiary/aromatic N) is 3. The third-order valence-electron chi connectivity index (χ3n) is 2.32. The van der Waals surface area contributed by atoms with Gasteiger partial charge in [0.15, 0.2) is 5.82 Å². The number of aromatic nitrogens is 3. The standard InChI is InChI=1S/C10H15N5O2S2/c1-11-5-8-3-4-10(18-8)19(16,17)13-6-9-12-7-15(2)14-9/h3-4,7,11,13H,5-6H2,1-2H3. The van der Waals surface area contributed by atoms with E-state index in [1.165, 1.54) is 22.3 Å². The lowest BCUT2D eigenvalue weighted by Crippen LogP contribution is -2.23. The van der Waals surface area contributed by atoms with Crippen molar-refractivity contribution in [2.45, 2.75) is 17.3 Å². The molecule has 0 spiro atoms. The lowest BCUT2D eigenvalue weighted by atomic mass is 10.5. The fourth-order valence-corrected chi connectivity index (χ4v) is 3.86. The van der Waals surface area contributed by atoms with Crippen molar-refractivity contribution in [2.24, 2.45) is 7.05 Å². The fourth-order valence-electron chi connectivity index (χ4n) is 1.47. The summed E-state index contributed by atoms with van der Waals surface area (Å²) in [6.07, 6.45) is 1.53. The second kappa shape index (κ2) is 5.78. The monoisotopic (exact) mass is 301 g/mol. The Labute approximate surface area is 115 Å². The van der Waals surface area contributed by atoms with E-state index in [1.54, 1.807) is 19.2 Å². The first-order chi connectivity index (χ1) is 9.01. The van der Waals surface area contributed by atoms with E-state index in [9.17, 15) is 8.42 Å². The second-order valence-corrected chi connectivity index (χ2v) is 7.07. The maximum Gasteiger partial charge on any atom is 0.250 e. The van der Waals surface area contributed by atoms with Gasteiger partial charge in [-0.15, -0.1) is 11.3 Å². The van der Waals surface area contributed by atoms with Crippen molar-refractivity contribution >= 4 is 21.4 Å². The third kappa shape index (κ3) is 3.60. The molecule has 0 bridgehead atoms. The van der Waals surface area contributed by atoms with Crippen LogP contribution in [0.5, 0.6) is 0 Å². The summed E-state index contributed by atoms with van der Waals surface area (Å²) in [7, 11) is 0.0536. The molecule has 0 fully saturated rings. The Balaban J connectivity index is 2.04. The van der Waals surface area contributed by atoms with Crippen molar-refractivity contribution in [2.75, 3.05) is 7.05 Å². The average molecular weight is 301 g/mol. The summed E-state index contributed by atoms with van der Waals surface area (Å²) >= 11 is 1.25. The van der Waals surface area contributed by atoms with E-state index in [0.29, 0.717) is 16.6 Å². The summed E-state index contributed by atoms with van der Waals surface area (Å²) in [6, 6.07) is 3.40. The van der Waals surface area contributed by atoms with Gasteiger partial charge in [0, 0.05) is 18.5 Å². The summed E-state index contributed by atoms with van der Waals surface area (Å²) in [6.45, 7) is 0.740. The SMILES string of the molecule is CNCc1ccc(S(=O)(=O)NCc2ncn(C)n2)s1. The van der Waals surface area contributed by atoms with Gasteiger partial charge in [0.2, 0.25) is 10.0 Å². The molecule has 0 aliphatic rings. The molecule has 0 unspecified atom stereocenters. The molecule has 2 aromatic rings. The van der Waals surface area contributed by atoms with Gasteiger partial charge < -0.3 is 5.32 Å². The van der Waals surface area contributed by atoms with Crippen molar-refractivity contribution in [1.82, 2.24) is 24.8 Å². The van der Waals surface area contributed by atoms with Crippen LogP contribution in [0.25, 0.3) is 0 Å². The molecule has 0 aliphatic carbocycles. The molecule has 7 nitrogen and oxygen atoms in total. The number of sulfonamides is 1. The molecule has 0 aromatic carbocycles. The van der Waals surface area contributed by atoms with Crippen molar-refractivity contribution < 1.29 is 8.42 Å². The smallest absolute Gasteiger partial charge is 0.250 e. The van der Waals surface area contributed by atoms with E-state index < -0.39 is 10.0 Å². The van der Waals surface area contributed by atoms with Gasteiger partial charge in [-0.2, -0.15) is 5.10 Å². The van der Waals surface area contributed by atoms with Crippen LogP contribution in [0.2, 0.25) is 0 Å². The van der Waals surface area contributed by atoms with Crippen molar-refractivity contribution in [1.29, 1.82) is 0 Å². The highest BCUT2D eigenvalue weighted by Gasteiger charge is 2.17. The number of rotatable bonds is 6. The number of thiophene rings is 1. The number of aryl methyl sites for hydroxylation is 1. The summed E-state index contributed by atoms with van der Waals surface area (Å²) in [5.41, 5.74) is 0. The van der Waals surface area contributed by atoms with Gasteiger partial charge >= 0.3 is 0 Å². The zero-order chi connectivity index (χ0) is 13.9. The fraction of sp³-hybridized carbons (Fsp3) is 0.400. The first kappa shape index (κ1) is 14.1. The van der Waals surface area contributed by atoms with Gasteiger partial charge in [0.05, 0.1) is 6.54 Å². The molecule has 0 aliphatic heterocycles. The van der Waals surface area contributed by atoms with Crippen LogP contribution in [0.1, 0.15) is 10.7 Å². The predicted octanol–water partition coefficient (Wildman–Crippen LogP) is 0.0745. The Morgan fingerprint density at radius 1 is 1.37 bits per heavy atom. The molecular formula is C10H15N5O2S2. The molecule has 2 heterocycles. The zero-order valence-electron chi connectivity index (χ0n) is 10.6. The van der Waals surface area contributed by atoms with Gasteiger partial charge in [-0.1, -0.05) is 0 Å². The average Bonchev–Trinajstić information content (AvgIpc) is 2.97. The van der Waals surface area contributed by atoms with Crippen LogP contribution in [-0.2, 0) is 30.2 Å². The number of nitrogens with one attached hydrogen (secondary N) is 2. The molecule has 0 saturated carbocycles. The molecule has 104 valence electrons. The van der Waals surface area contributed by atoms with Gasteiger partial charge in [0.1, 0.15) is 10.5 Å². The summed E-state index contributed by atoms with van der Waals surface area (Å²) in [5, 5.41) is 7.00. The quantitative estimate of drug-likeness (QED) is 0.788. The zero-order valence-corrected chi connectivity index (χ0v) is 12.3. The van der Waals surface area contributed by atoms with Crippen LogP contribution in [0, 0.1) is 0 Å². The Morgan fingerprint density at radius 3 is 2.79 bits per heavy atom. The van der Waals surface area contributed by atoms with E-state index in [4.69, 9.17) is 0 Å². The van der Waals surface area contributed by atoms with Crippen LogP contribution in [0.3, 0.4) is 0 Å². The minimum atomic E-state index is -3.50. The van der Waals surface area contributed by atoms with Gasteiger partial charge in [-0.3, -0.25) is 4.68 Å². The molecule has 2 rings (SSSR count). The summed E-state index contributed by atoms with van der Waals surface area (Å²) < 4.78 is 28.4. The molecule has 19 heavy (non-hydrogen) atoms. The lowest BCUT2D eigenvalue weighted by molar-refractivity contribution is 0.580. The molecule has 2 N–H and O–H groups in total. The Morgan fingerprint density at radius 2 is 2.16 bits per heavy atom.